The van der Waals surface area contributed by atoms with Crippen LogP contribution in [0.25, 0.3) is 0 Å². The van der Waals surface area contributed by atoms with Gasteiger partial charge in [0.15, 0.2) is 5.96 Å². The van der Waals surface area contributed by atoms with Crippen LogP contribution in [0.5, 0.6) is 0 Å². The first-order chi connectivity index (χ1) is 14.5. The summed E-state index contributed by atoms with van der Waals surface area (Å²) in [6.07, 6.45) is 4.76. The molecule has 1 atom stereocenters. The minimum Gasteiger partial charge on any atom is -0.356 e. The van der Waals surface area contributed by atoms with Crippen molar-refractivity contribution in [3.05, 3.63) is 35.9 Å². The van der Waals surface area contributed by atoms with Crippen LogP contribution in [-0.4, -0.2) is 66.5 Å². The van der Waals surface area contributed by atoms with Crippen molar-refractivity contribution < 1.29 is 9.59 Å². The van der Waals surface area contributed by atoms with Gasteiger partial charge in [-0.05, 0) is 50.5 Å². The first-order valence-electron chi connectivity index (χ1n) is 11.1. The molecule has 3 amide bonds. The van der Waals surface area contributed by atoms with Gasteiger partial charge < -0.3 is 15.5 Å². The topological polar surface area (TPSA) is 77.0 Å². The lowest BCUT2D eigenvalue weighted by molar-refractivity contribution is -0.130. The highest BCUT2D eigenvalue weighted by Gasteiger charge is 2.45. The molecular weight excluding hydrogens is 378 g/mol. The number of hydrogen-bond donors (Lipinski definition) is 2. The predicted octanol–water partition coefficient (Wildman–Crippen LogP) is 2.63. The highest BCUT2D eigenvalue weighted by atomic mass is 16.2. The van der Waals surface area contributed by atoms with E-state index in [1.165, 1.54) is 10.5 Å². The van der Waals surface area contributed by atoms with E-state index in [0.717, 1.165) is 38.3 Å². The average molecular weight is 414 g/mol. The van der Waals surface area contributed by atoms with Gasteiger partial charge in [-0.2, -0.15) is 0 Å². The monoisotopic (exact) mass is 413 g/mol. The number of carbonyl (C=O) groups is 2. The van der Waals surface area contributed by atoms with Gasteiger partial charge >= 0.3 is 6.03 Å². The number of nitrogens with one attached hydrogen (secondary N) is 2. The Kier molecular flexibility index (Phi) is 7.34. The van der Waals surface area contributed by atoms with Crippen molar-refractivity contribution >= 4 is 17.9 Å². The van der Waals surface area contributed by atoms with Crippen LogP contribution in [0, 0.1) is 5.92 Å². The maximum absolute atomic E-state index is 12.5. The number of imide groups is 1. The largest absolute Gasteiger partial charge is 0.356 e. The molecule has 0 radical (unpaired) electrons. The first-order valence-corrected chi connectivity index (χ1v) is 11.1. The molecule has 1 unspecified atom stereocenters. The minimum absolute atomic E-state index is 0.125. The van der Waals surface area contributed by atoms with E-state index in [0.29, 0.717) is 31.8 Å². The number of amides is 3. The summed E-state index contributed by atoms with van der Waals surface area (Å²) >= 11 is 0. The molecule has 2 fully saturated rings. The molecule has 0 aromatic heterocycles. The molecule has 0 aliphatic carbocycles. The highest BCUT2D eigenvalue weighted by Crippen LogP contribution is 2.22. The molecule has 3 rings (SSSR count). The van der Waals surface area contributed by atoms with Gasteiger partial charge in [0, 0.05) is 33.2 Å². The second-order valence-corrected chi connectivity index (χ2v) is 8.52. The molecule has 7 heteroatoms. The summed E-state index contributed by atoms with van der Waals surface area (Å²) in [5.74, 6) is 1.50. The van der Waals surface area contributed by atoms with Gasteiger partial charge in [0.05, 0.1) is 0 Å². The Bertz CT molecular complexity index is 758. The zero-order chi connectivity index (χ0) is 21.6. The maximum atomic E-state index is 12.5. The number of nitrogens with zero attached hydrogens (tertiary/aromatic N) is 3. The zero-order valence-electron chi connectivity index (χ0n) is 18.5. The van der Waals surface area contributed by atoms with E-state index in [-0.39, 0.29) is 11.9 Å². The summed E-state index contributed by atoms with van der Waals surface area (Å²) in [5, 5.41) is 6.20. The van der Waals surface area contributed by atoms with Crippen LogP contribution >= 0.6 is 0 Å². The third kappa shape index (κ3) is 5.12. The lowest BCUT2D eigenvalue weighted by Gasteiger charge is -2.34. The Labute approximate surface area is 179 Å². The molecule has 2 N–H and O–H groups in total. The number of piperidine rings is 1. The molecule has 0 saturated carbocycles. The lowest BCUT2D eigenvalue weighted by Crippen LogP contribution is -2.46. The summed E-state index contributed by atoms with van der Waals surface area (Å²) in [4.78, 5) is 32.6. The Morgan fingerprint density at radius 1 is 1.23 bits per heavy atom. The SMILES string of the molecule is CCC1(C)NC(=O)N(CCCNC(=NC)N2CCC(Cc3ccccc3)CC2)C1=O. The second-order valence-electron chi connectivity index (χ2n) is 8.52. The number of guanidine groups is 1. The van der Waals surface area contributed by atoms with E-state index in [9.17, 15) is 9.59 Å². The summed E-state index contributed by atoms with van der Waals surface area (Å²) in [6.45, 7) is 6.79. The average Bonchev–Trinajstić information content (AvgIpc) is 2.98. The van der Waals surface area contributed by atoms with Gasteiger partial charge in [0.2, 0.25) is 0 Å². The van der Waals surface area contributed by atoms with Crippen LogP contribution in [-0.2, 0) is 11.2 Å². The van der Waals surface area contributed by atoms with Crippen molar-refractivity contribution in [2.75, 3.05) is 33.2 Å². The summed E-state index contributed by atoms with van der Waals surface area (Å²) in [6, 6.07) is 10.4. The van der Waals surface area contributed by atoms with E-state index in [1.54, 1.807) is 6.92 Å². The molecule has 7 nitrogen and oxygen atoms in total. The Morgan fingerprint density at radius 3 is 2.53 bits per heavy atom. The van der Waals surface area contributed by atoms with Crippen molar-refractivity contribution in [2.24, 2.45) is 10.9 Å². The Morgan fingerprint density at radius 2 is 1.93 bits per heavy atom. The van der Waals surface area contributed by atoms with Gasteiger partial charge in [0.1, 0.15) is 5.54 Å². The first kappa shape index (κ1) is 22.1. The molecule has 2 saturated heterocycles. The number of aliphatic imine (C=N–C) groups is 1. The van der Waals surface area contributed by atoms with E-state index < -0.39 is 5.54 Å². The van der Waals surface area contributed by atoms with Crippen molar-refractivity contribution in [3.63, 3.8) is 0 Å². The van der Waals surface area contributed by atoms with Crippen molar-refractivity contribution in [1.82, 2.24) is 20.4 Å². The fourth-order valence-corrected chi connectivity index (χ4v) is 4.26. The fraction of sp³-hybridized carbons (Fsp3) is 0.609. The van der Waals surface area contributed by atoms with Gasteiger partial charge in [-0.15, -0.1) is 0 Å². The molecule has 1 aromatic carbocycles. The van der Waals surface area contributed by atoms with Crippen LogP contribution in [0.1, 0.15) is 45.1 Å². The Balaban J connectivity index is 1.39. The standard InChI is InChI=1S/C23H35N5O2/c1-4-23(2)20(29)28(22(30)26-23)14-8-13-25-21(24-3)27-15-11-19(12-16-27)17-18-9-6-5-7-10-18/h5-7,9-10,19H,4,8,11-17H2,1-3H3,(H,24,25)(H,26,30). The molecule has 0 bridgehead atoms. The normalized spacial score (nSPS) is 23.1. The number of carbonyl (C=O) groups excluding carboxylic acids is 2. The van der Waals surface area contributed by atoms with Crippen LogP contribution in [0.15, 0.2) is 35.3 Å². The summed E-state index contributed by atoms with van der Waals surface area (Å²) in [5.41, 5.74) is 0.656. The van der Waals surface area contributed by atoms with Gasteiger partial charge in [-0.3, -0.25) is 14.7 Å². The third-order valence-electron chi connectivity index (χ3n) is 6.39. The third-order valence-corrected chi connectivity index (χ3v) is 6.39. The van der Waals surface area contributed by atoms with Crippen LogP contribution in [0.3, 0.4) is 0 Å². The van der Waals surface area contributed by atoms with Gasteiger partial charge in [0.25, 0.3) is 5.91 Å². The highest BCUT2D eigenvalue weighted by molar-refractivity contribution is 6.06. The molecule has 30 heavy (non-hydrogen) atoms. The summed E-state index contributed by atoms with van der Waals surface area (Å²) in [7, 11) is 1.81. The smallest absolute Gasteiger partial charge is 0.325 e. The molecule has 2 aliphatic rings. The molecule has 2 heterocycles. The van der Waals surface area contributed by atoms with Crippen LogP contribution < -0.4 is 10.6 Å². The lowest BCUT2D eigenvalue weighted by atomic mass is 9.90. The Hall–Kier alpha value is -2.57. The maximum Gasteiger partial charge on any atom is 0.325 e. The van der Waals surface area contributed by atoms with Gasteiger partial charge in [-0.1, -0.05) is 37.3 Å². The summed E-state index contributed by atoms with van der Waals surface area (Å²) < 4.78 is 0. The number of urea groups is 1. The molecular formula is C23H35N5O2. The molecule has 2 aliphatic heterocycles. The van der Waals surface area contributed by atoms with Crippen molar-refractivity contribution in [1.29, 1.82) is 0 Å². The zero-order valence-corrected chi connectivity index (χ0v) is 18.5. The number of rotatable bonds is 7. The van der Waals surface area contributed by atoms with E-state index in [4.69, 9.17) is 0 Å². The van der Waals surface area contributed by atoms with E-state index in [2.05, 4.69) is 50.9 Å². The fourth-order valence-electron chi connectivity index (χ4n) is 4.26. The van der Waals surface area contributed by atoms with Crippen LogP contribution in [0.4, 0.5) is 4.79 Å². The van der Waals surface area contributed by atoms with Crippen molar-refractivity contribution in [2.45, 2.75) is 51.5 Å². The van der Waals surface area contributed by atoms with Crippen molar-refractivity contribution in [3.8, 4) is 0 Å². The van der Waals surface area contributed by atoms with E-state index >= 15 is 0 Å². The van der Waals surface area contributed by atoms with Gasteiger partial charge in [-0.25, -0.2) is 4.79 Å². The molecule has 164 valence electrons. The number of likely N-dealkylation sites (tertiary alicyclic amines) is 1. The minimum atomic E-state index is -0.759. The van der Waals surface area contributed by atoms with E-state index in [1.807, 2.05) is 14.0 Å². The second kappa shape index (κ2) is 9.96. The van der Waals surface area contributed by atoms with Crippen LogP contribution in [0.2, 0.25) is 0 Å². The number of hydrogen-bond acceptors (Lipinski definition) is 3. The predicted molar refractivity (Wildman–Crippen MR) is 119 cm³/mol. The number of benzene rings is 1. The molecule has 1 aromatic rings. The molecule has 0 spiro atoms. The quantitative estimate of drug-likeness (QED) is 0.312.